The molecule has 3 aromatic rings. The summed E-state index contributed by atoms with van der Waals surface area (Å²) in [6.07, 6.45) is 1.99. The first kappa shape index (κ1) is 18.1. The highest BCUT2D eigenvalue weighted by Gasteiger charge is 2.14. The second-order valence-corrected chi connectivity index (χ2v) is 6.89. The van der Waals surface area contributed by atoms with Crippen molar-refractivity contribution in [2.45, 2.75) is 39.7 Å². The topological polar surface area (TPSA) is 51.5 Å². The van der Waals surface area contributed by atoms with Crippen molar-refractivity contribution in [1.29, 1.82) is 0 Å². The van der Waals surface area contributed by atoms with Crippen LogP contribution in [0.2, 0.25) is 0 Å². The lowest BCUT2D eigenvalue weighted by Gasteiger charge is -2.10. The molecule has 0 saturated carbocycles. The van der Waals surface area contributed by atoms with Crippen molar-refractivity contribution < 1.29 is 13.9 Å². The Labute approximate surface area is 154 Å². The van der Waals surface area contributed by atoms with Gasteiger partial charge in [0.15, 0.2) is 0 Å². The number of nitrogens with one attached hydrogen (secondary N) is 1. The molecule has 136 valence electrons. The molecule has 2 aromatic carbocycles. The largest absolute Gasteiger partial charge is 0.496 e. The van der Waals surface area contributed by atoms with Crippen LogP contribution < -0.4 is 10.1 Å². The number of hydrogen-bond donors (Lipinski definition) is 1. The number of rotatable bonds is 6. The molecule has 0 atom stereocenters. The van der Waals surface area contributed by atoms with Gasteiger partial charge in [-0.2, -0.15) is 0 Å². The van der Waals surface area contributed by atoms with Crippen molar-refractivity contribution in [3.63, 3.8) is 0 Å². The van der Waals surface area contributed by atoms with Crippen molar-refractivity contribution in [3.8, 4) is 5.75 Å². The van der Waals surface area contributed by atoms with E-state index in [4.69, 9.17) is 9.15 Å². The quantitative estimate of drug-likeness (QED) is 0.698. The lowest BCUT2D eigenvalue weighted by atomic mass is 9.95. The normalized spacial score (nSPS) is 11.1. The third kappa shape index (κ3) is 3.74. The van der Waals surface area contributed by atoms with E-state index >= 15 is 0 Å². The van der Waals surface area contributed by atoms with E-state index in [1.54, 1.807) is 13.4 Å². The zero-order valence-corrected chi connectivity index (χ0v) is 15.8. The summed E-state index contributed by atoms with van der Waals surface area (Å²) in [6, 6.07) is 11.9. The fraction of sp³-hybridized carbons (Fsp3) is 0.318. The number of para-hydroxylation sites is 1. The molecule has 26 heavy (non-hydrogen) atoms. The van der Waals surface area contributed by atoms with Gasteiger partial charge >= 0.3 is 0 Å². The molecular weight excluding hydrogens is 326 g/mol. The molecule has 4 nitrogen and oxygen atoms in total. The number of carbonyl (C=O) groups is 1. The molecule has 1 amide bonds. The Morgan fingerprint density at radius 1 is 1.19 bits per heavy atom. The summed E-state index contributed by atoms with van der Waals surface area (Å²) in [5, 5.41) is 3.98. The van der Waals surface area contributed by atoms with Gasteiger partial charge in [0.25, 0.3) is 0 Å². The van der Waals surface area contributed by atoms with Crippen molar-refractivity contribution in [2.75, 3.05) is 7.11 Å². The Morgan fingerprint density at radius 3 is 2.69 bits per heavy atom. The summed E-state index contributed by atoms with van der Waals surface area (Å²) in [4.78, 5) is 12.4. The van der Waals surface area contributed by atoms with E-state index in [0.29, 0.717) is 18.9 Å². The fourth-order valence-electron chi connectivity index (χ4n) is 3.28. The van der Waals surface area contributed by atoms with Crippen molar-refractivity contribution >= 4 is 16.9 Å². The first-order chi connectivity index (χ1) is 12.5. The minimum Gasteiger partial charge on any atom is -0.496 e. The molecule has 0 bridgehead atoms. The first-order valence-electron chi connectivity index (χ1n) is 8.88. The Bertz CT molecular complexity index is 924. The molecule has 0 spiro atoms. The molecule has 0 aliphatic rings. The molecule has 1 N–H and O–H groups in total. The third-order valence-electron chi connectivity index (χ3n) is 4.68. The number of amides is 1. The van der Waals surface area contributed by atoms with E-state index in [1.807, 2.05) is 24.3 Å². The smallest absolute Gasteiger partial charge is 0.224 e. The van der Waals surface area contributed by atoms with Gasteiger partial charge in [0, 0.05) is 23.1 Å². The van der Waals surface area contributed by atoms with Gasteiger partial charge < -0.3 is 14.5 Å². The maximum absolute atomic E-state index is 12.4. The van der Waals surface area contributed by atoms with Crippen molar-refractivity contribution in [2.24, 2.45) is 0 Å². The van der Waals surface area contributed by atoms with Crippen LogP contribution >= 0.6 is 0 Å². The Kier molecular flexibility index (Phi) is 5.31. The summed E-state index contributed by atoms with van der Waals surface area (Å²) in [7, 11) is 1.63. The summed E-state index contributed by atoms with van der Waals surface area (Å²) in [5.41, 5.74) is 5.21. The van der Waals surface area contributed by atoms with Gasteiger partial charge in [-0.1, -0.05) is 32.0 Å². The summed E-state index contributed by atoms with van der Waals surface area (Å²) >= 11 is 0. The van der Waals surface area contributed by atoms with Gasteiger partial charge in [-0.15, -0.1) is 0 Å². The Hall–Kier alpha value is -2.75. The van der Waals surface area contributed by atoms with E-state index < -0.39 is 0 Å². The summed E-state index contributed by atoms with van der Waals surface area (Å²) in [6.45, 7) is 6.88. The van der Waals surface area contributed by atoms with Crippen molar-refractivity contribution in [3.05, 3.63) is 64.9 Å². The lowest BCUT2D eigenvalue weighted by Crippen LogP contribution is -2.24. The molecule has 1 aromatic heterocycles. The van der Waals surface area contributed by atoms with Crippen LogP contribution in [0.5, 0.6) is 5.75 Å². The van der Waals surface area contributed by atoms with Crippen LogP contribution in [0.3, 0.4) is 0 Å². The number of furan rings is 1. The number of fused-ring (bicyclic) bond motifs is 1. The number of methoxy groups -OCH3 is 1. The van der Waals surface area contributed by atoms with Crippen LogP contribution in [0.25, 0.3) is 11.0 Å². The zero-order valence-electron chi connectivity index (χ0n) is 15.8. The highest BCUT2D eigenvalue weighted by molar-refractivity contribution is 5.88. The predicted octanol–water partition coefficient (Wildman–Crippen LogP) is 4.73. The average Bonchev–Trinajstić information content (AvgIpc) is 3.00. The minimum atomic E-state index is -0.0368. The first-order valence-corrected chi connectivity index (χ1v) is 8.88. The van der Waals surface area contributed by atoms with Crippen LogP contribution in [-0.4, -0.2) is 13.0 Å². The molecule has 0 aliphatic carbocycles. The second-order valence-electron chi connectivity index (χ2n) is 6.89. The maximum atomic E-state index is 12.4. The number of benzene rings is 2. The number of carbonyl (C=O) groups excluding carboxylic acids is 1. The van der Waals surface area contributed by atoms with Gasteiger partial charge in [-0.3, -0.25) is 4.79 Å². The molecule has 0 aliphatic heterocycles. The summed E-state index contributed by atoms with van der Waals surface area (Å²) in [5.74, 6) is 1.17. The fourth-order valence-corrected chi connectivity index (χ4v) is 3.28. The van der Waals surface area contributed by atoms with Crippen LogP contribution in [0, 0.1) is 6.92 Å². The predicted molar refractivity (Wildman–Crippen MR) is 104 cm³/mol. The minimum absolute atomic E-state index is 0.0368. The van der Waals surface area contributed by atoms with E-state index in [-0.39, 0.29) is 5.91 Å². The number of aryl methyl sites for hydroxylation is 1. The monoisotopic (exact) mass is 351 g/mol. The van der Waals surface area contributed by atoms with Crippen LogP contribution in [-0.2, 0) is 17.8 Å². The van der Waals surface area contributed by atoms with Crippen molar-refractivity contribution in [1.82, 2.24) is 5.32 Å². The van der Waals surface area contributed by atoms with Crippen LogP contribution in [0.4, 0.5) is 0 Å². The standard InChI is InChI=1S/C22H25NO3/c1-14(2)18-11-19-17(13-26-21(19)9-15(18)3)10-22(24)23-12-16-7-5-6-8-20(16)25-4/h5-9,11,13-14H,10,12H2,1-4H3,(H,23,24). The average molecular weight is 351 g/mol. The lowest BCUT2D eigenvalue weighted by molar-refractivity contribution is -0.120. The number of hydrogen-bond acceptors (Lipinski definition) is 3. The second kappa shape index (κ2) is 7.65. The Balaban J connectivity index is 1.74. The van der Waals surface area contributed by atoms with E-state index in [2.05, 4.69) is 38.2 Å². The molecule has 0 radical (unpaired) electrons. The number of ether oxygens (including phenoxy) is 1. The van der Waals surface area contributed by atoms with Crippen LogP contribution in [0.15, 0.2) is 47.1 Å². The molecule has 0 unspecified atom stereocenters. The summed E-state index contributed by atoms with van der Waals surface area (Å²) < 4.78 is 11.0. The van der Waals surface area contributed by atoms with Gasteiger partial charge in [0.1, 0.15) is 11.3 Å². The molecule has 0 saturated heterocycles. The van der Waals surface area contributed by atoms with E-state index in [0.717, 1.165) is 27.8 Å². The van der Waals surface area contributed by atoms with Gasteiger partial charge in [0.2, 0.25) is 5.91 Å². The molecule has 1 heterocycles. The van der Waals surface area contributed by atoms with Gasteiger partial charge in [0.05, 0.1) is 19.8 Å². The maximum Gasteiger partial charge on any atom is 0.224 e. The molecule has 0 fully saturated rings. The third-order valence-corrected chi connectivity index (χ3v) is 4.68. The molecule has 3 rings (SSSR count). The van der Waals surface area contributed by atoms with E-state index in [9.17, 15) is 4.79 Å². The Morgan fingerprint density at radius 2 is 1.96 bits per heavy atom. The van der Waals surface area contributed by atoms with E-state index in [1.165, 1.54) is 11.1 Å². The van der Waals surface area contributed by atoms with Gasteiger partial charge in [-0.05, 0) is 42.2 Å². The highest BCUT2D eigenvalue weighted by atomic mass is 16.5. The molecule has 4 heteroatoms. The highest BCUT2D eigenvalue weighted by Crippen LogP contribution is 2.29. The zero-order chi connectivity index (χ0) is 18.7. The SMILES string of the molecule is COc1ccccc1CNC(=O)Cc1coc2cc(C)c(C(C)C)cc12. The van der Waals surface area contributed by atoms with Gasteiger partial charge in [-0.25, -0.2) is 0 Å². The van der Waals surface area contributed by atoms with Crippen LogP contribution in [0.1, 0.15) is 42.0 Å². The molecular formula is C22H25NO3.